The highest BCUT2D eigenvalue weighted by atomic mass is 35.5. The normalized spacial score (nSPS) is 17.2. The SMILES string of the molecule is COc1cccc(Cc2nsc(N3CCN(C(=O)CCCCl)[C@@H](C)C3)n2)c1. The minimum atomic E-state index is 0.160. The van der Waals surface area contributed by atoms with E-state index in [1.165, 1.54) is 11.5 Å². The van der Waals surface area contributed by atoms with Crippen molar-refractivity contribution in [2.75, 3.05) is 37.5 Å². The van der Waals surface area contributed by atoms with E-state index in [1.54, 1.807) is 7.11 Å². The minimum Gasteiger partial charge on any atom is -0.497 e. The summed E-state index contributed by atoms with van der Waals surface area (Å²) in [6, 6.07) is 8.12. The molecule has 0 unspecified atom stereocenters. The number of carbonyl (C=O) groups excluding carboxylic acids is 1. The van der Waals surface area contributed by atoms with E-state index in [1.807, 2.05) is 23.1 Å². The van der Waals surface area contributed by atoms with Gasteiger partial charge in [-0.2, -0.15) is 4.37 Å². The minimum absolute atomic E-state index is 0.160. The van der Waals surface area contributed by atoms with Gasteiger partial charge < -0.3 is 14.5 Å². The first-order valence-electron chi connectivity index (χ1n) is 9.16. The molecular formula is C19H25ClN4O2S. The van der Waals surface area contributed by atoms with Gasteiger partial charge in [-0.15, -0.1) is 11.6 Å². The van der Waals surface area contributed by atoms with E-state index >= 15 is 0 Å². The van der Waals surface area contributed by atoms with Crippen LogP contribution in [0.4, 0.5) is 5.13 Å². The molecule has 6 nitrogen and oxygen atoms in total. The Balaban J connectivity index is 1.59. The number of halogens is 1. The average molecular weight is 409 g/mol. The van der Waals surface area contributed by atoms with E-state index < -0.39 is 0 Å². The Kier molecular flexibility index (Phi) is 6.90. The Labute approximate surface area is 169 Å². The highest BCUT2D eigenvalue weighted by molar-refractivity contribution is 7.09. The van der Waals surface area contributed by atoms with Crippen molar-refractivity contribution in [3.05, 3.63) is 35.7 Å². The van der Waals surface area contributed by atoms with Gasteiger partial charge in [0.15, 0.2) is 0 Å². The van der Waals surface area contributed by atoms with E-state index in [-0.39, 0.29) is 11.9 Å². The van der Waals surface area contributed by atoms with E-state index in [9.17, 15) is 4.79 Å². The Morgan fingerprint density at radius 2 is 2.26 bits per heavy atom. The van der Waals surface area contributed by atoms with Gasteiger partial charge in [0.25, 0.3) is 0 Å². The number of methoxy groups -OCH3 is 1. The molecule has 146 valence electrons. The number of hydrogen-bond donors (Lipinski definition) is 0. The quantitative estimate of drug-likeness (QED) is 0.658. The van der Waals surface area contributed by atoms with Crippen molar-refractivity contribution in [1.29, 1.82) is 0 Å². The van der Waals surface area contributed by atoms with E-state index in [4.69, 9.17) is 21.3 Å². The van der Waals surface area contributed by atoms with Gasteiger partial charge in [0, 0.05) is 55.9 Å². The van der Waals surface area contributed by atoms with Crippen LogP contribution in [0.1, 0.15) is 31.2 Å². The number of anilines is 1. The van der Waals surface area contributed by atoms with Gasteiger partial charge in [0.2, 0.25) is 11.0 Å². The standard InChI is InChI=1S/C19H25ClN4O2S/c1-14-13-23(9-10-24(14)18(25)7-4-8-20)19-21-17(22-27-19)12-15-5-3-6-16(11-15)26-2/h3,5-6,11,14H,4,7-10,12-13H2,1-2H3/t14-/m0/s1. The van der Waals surface area contributed by atoms with Gasteiger partial charge in [-0.25, -0.2) is 4.98 Å². The molecule has 1 saturated heterocycles. The number of alkyl halides is 1. The monoisotopic (exact) mass is 408 g/mol. The average Bonchev–Trinajstić information content (AvgIpc) is 3.14. The number of nitrogens with zero attached hydrogens (tertiary/aromatic N) is 4. The summed E-state index contributed by atoms with van der Waals surface area (Å²) in [6.07, 6.45) is 1.94. The van der Waals surface area contributed by atoms with Crippen LogP contribution in [0.5, 0.6) is 5.75 Å². The van der Waals surface area contributed by atoms with Crippen LogP contribution in [0.2, 0.25) is 0 Å². The number of carbonyl (C=O) groups is 1. The summed E-state index contributed by atoms with van der Waals surface area (Å²) in [7, 11) is 1.67. The predicted octanol–water partition coefficient (Wildman–Crippen LogP) is 3.19. The summed E-state index contributed by atoms with van der Waals surface area (Å²) in [6.45, 7) is 4.36. The van der Waals surface area contributed by atoms with Gasteiger partial charge in [-0.3, -0.25) is 4.79 Å². The summed E-state index contributed by atoms with van der Waals surface area (Å²) >= 11 is 7.13. The maximum Gasteiger partial charge on any atom is 0.222 e. The molecule has 2 aromatic rings. The topological polar surface area (TPSA) is 58.6 Å². The number of piperazine rings is 1. The van der Waals surface area contributed by atoms with Crippen LogP contribution >= 0.6 is 23.1 Å². The first kappa shape index (κ1) is 19.9. The second-order valence-corrected chi connectivity index (χ2v) is 7.80. The van der Waals surface area contributed by atoms with Crippen molar-refractivity contribution >= 4 is 34.2 Å². The Bertz CT molecular complexity index is 770. The van der Waals surface area contributed by atoms with Crippen molar-refractivity contribution in [2.45, 2.75) is 32.2 Å². The van der Waals surface area contributed by atoms with Crippen molar-refractivity contribution in [3.8, 4) is 5.75 Å². The molecule has 0 aliphatic carbocycles. The molecule has 1 aliphatic heterocycles. The fraction of sp³-hybridized carbons (Fsp3) is 0.526. The van der Waals surface area contributed by atoms with Crippen LogP contribution in [-0.4, -0.2) is 58.8 Å². The molecule has 1 aromatic heterocycles. The van der Waals surface area contributed by atoms with Crippen molar-refractivity contribution in [2.24, 2.45) is 0 Å². The fourth-order valence-electron chi connectivity index (χ4n) is 3.27. The summed E-state index contributed by atoms with van der Waals surface area (Å²) in [5.74, 6) is 2.38. The fourth-order valence-corrected chi connectivity index (χ4v) is 4.13. The molecule has 0 radical (unpaired) electrons. The van der Waals surface area contributed by atoms with Crippen molar-refractivity contribution in [3.63, 3.8) is 0 Å². The van der Waals surface area contributed by atoms with Crippen LogP contribution in [0.15, 0.2) is 24.3 Å². The molecule has 1 atom stereocenters. The summed E-state index contributed by atoms with van der Waals surface area (Å²) < 4.78 is 9.79. The van der Waals surface area contributed by atoms with Gasteiger partial charge >= 0.3 is 0 Å². The smallest absolute Gasteiger partial charge is 0.222 e. The van der Waals surface area contributed by atoms with Gasteiger partial charge in [0.05, 0.1) is 7.11 Å². The molecule has 1 amide bonds. The van der Waals surface area contributed by atoms with Crippen LogP contribution in [0.3, 0.4) is 0 Å². The number of rotatable bonds is 7. The number of amides is 1. The maximum atomic E-state index is 12.3. The zero-order chi connectivity index (χ0) is 19.2. The molecule has 0 N–H and O–H groups in total. The molecular weight excluding hydrogens is 384 g/mol. The lowest BCUT2D eigenvalue weighted by Gasteiger charge is -2.39. The van der Waals surface area contributed by atoms with Gasteiger partial charge in [-0.05, 0) is 31.0 Å². The lowest BCUT2D eigenvalue weighted by molar-refractivity contribution is -0.133. The molecule has 8 heteroatoms. The third-order valence-electron chi connectivity index (χ3n) is 4.70. The third-order valence-corrected chi connectivity index (χ3v) is 5.78. The lowest BCUT2D eigenvalue weighted by Crippen LogP contribution is -2.54. The molecule has 1 aromatic carbocycles. The van der Waals surface area contributed by atoms with E-state index in [0.717, 1.165) is 41.8 Å². The lowest BCUT2D eigenvalue weighted by atomic mass is 10.1. The highest BCUT2D eigenvalue weighted by Crippen LogP contribution is 2.23. The number of benzene rings is 1. The molecule has 27 heavy (non-hydrogen) atoms. The molecule has 3 rings (SSSR count). The molecule has 1 fully saturated rings. The van der Waals surface area contributed by atoms with Crippen LogP contribution in [0, 0.1) is 0 Å². The second-order valence-electron chi connectivity index (χ2n) is 6.70. The van der Waals surface area contributed by atoms with Crippen LogP contribution in [-0.2, 0) is 11.2 Å². The zero-order valence-electron chi connectivity index (χ0n) is 15.7. The molecule has 0 spiro atoms. The van der Waals surface area contributed by atoms with Crippen molar-refractivity contribution in [1.82, 2.24) is 14.3 Å². The largest absolute Gasteiger partial charge is 0.497 e. The summed E-state index contributed by atoms with van der Waals surface area (Å²) in [4.78, 5) is 21.2. The summed E-state index contributed by atoms with van der Waals surface area (Å²) in [5.41, 5.74) is 1.13. The molecule has 0 saturated carbocycles. The zero-order valence-corrected chi connectivity index (χ0v) is 17.3. The molecule has 0 bridgehead atoms. The van der Waals surface area contributed by atoms with Gasteiger partial charge in [-0.1, -0.05) is 12.1 Å². The van der Waals surface area contributed by atoms with E-state index in [2.05, 4.69) is 22.3 Å². The van der Waals surface area contributed by atoms with Crippen molar-refractivity contribution < 1.29 is 9.53 Å². The van der Waals surface area contributed by atoms with E-state index in [0.29, 0.717) is 25.3 Å². The Morgan fingerprint density at radius 1 is 1.41 bits per heavy atom. The number of hydrogen-bond acceptors (Lipinski definition) is 6. The first-order chi connectivity index (χ1) is 13.1. The van der Waals surface area contributed by atoms with Crippen LogP contribution in [0.25, 0.3) is 0 Å². The molecule has 2 heterocycles. The third kappa shape index (κ3) is 5.11. The second kappa shape index (κ2) is 9.37. The maximum absolute atomic E-state index is 12.3. The molecule has 1 aliphatic rings. The number of aromatic nitrogens is 2. The highest BCUT2D eigenvalue weighted by Gasteiger charge is 2.28. The predicted molar refractivity (Wildman–Crippen MR) is 109 cm³/mol. The number of ether oxygens (including phenoxy) is 1. The summed E-state index contributed by atoms with van der Waals surface area (Å²) in [5, 5.41) is 0.924. The van der Waals surface area contributed by atoms with Crippen LogP contribution < -0.4 is 9.64 Å². The Hall–Kier alpha value is -1.86. The first-order valence-corrected chi connectivity index (χ1v) is 10.5. The Morgan fingerprint density at radius 3 is 3.00 bits per heavy atom. The van der Waals surface area contributed by atoms with Gasteiger partial charge in [0.1, 0.15) is 11.6 Å².